The van der Waals surface area contributed by atoms with Gasteiger partial charge in [-0.25, -0.2) is 4.98 Å². The van der Waals surface area contributed by atoms with E-state index in [1.807, 2.05) is 6.20 Å². The first-order valence-corrected chi connectivity index (χ1v) is 7.05. The number of methoxy groups -OCH3 is 1. The molecule has 0 amide bonds. The van der Waals surface area contributed by atoms with Gasteiger partial charge in [0.2, 0.25) is 0 Å². The van der Waals surface area contributed by atoms with Gasteiger partial charge in [-0.3, -0.25) is 0 Å². The zero-order valence-electron chi connectivity index (χ0n) is 12.5. The first-order chi connectivity index (χ1) is 9.77. The highest BCUT2D eigenvalue weighted by atomic mass is 16.5. The first-order valence-electron chi connectivity index (χ1n) is 7.05. The fourth-order valence-corrected chi connectivity index (χ4v) is 2.28. The molecule has 1 heterocycles. The van der Waals surface area contributed by atoms with Gasteiger partial charge < -0.3 is 15.0 Å². The van der Waals surface area contributed by atoms with Crippen LogP contribution in [-0.4, -0.2) is 38.8 Å². The Morgan fingerprint density at radius 3 is 2.70 bits per heavy atom. The second kappa shape index (κ2) is 7.22. The van der Waals surface area contributed by atoms with E-state index in [1.165, 1.54) is 16.3 Å². The highest BCUT2D eigenvalue weighted by molar-refractivity contribution is 5.94. The average molecular weight is 273 g/mol. The predicted octanol–water partition coefficient (Wildman–Crippen LogP) is 2.43. The van der Waals surface area contributed by atoms with Gasteiger partial charge in [-0.05, 0) is 17.5 Å². The molecule has 0 spiro atoms. The van der Waals surface area contributed by atoms with Crippen LogP contribution >= 0.6 is 0 Å². The number of hydrogen-bond donors (Lipinski definition) is 1. The fourth-order valence-electron chi connectivity index (χ4n) is 2.28. The predicted molar refractivity (Wildman–Crippen MR) is 84.3 cm³/mol. The van der Waals surface area contributed by atoms with E-state index in [9.17, 15) is 0 Å². The number of fused-ring (bicyclic) bond motifs is 1. The van der Waals surface area contributed by atoms with Crippen LogP contribution in [0.25, 0.3) is 10.8 Å². The number of anilines is 1. The summed E-state index contributed by atoms with van der Waals surface area (Å²) >= 11 is 0. The van der Waals surface area contributed by atoms with Gasteiger partial charge in [0.05, 0.1) is 6.61 Å². The van der Waals surface area contributed by atoms with E-state index in [1.54, 1.807) is 7.11 Å². The Bertz CT molecular complexity index is 556. The Kier molecular flexibility index (Phi) is 5.32. The first kappa shape index (κ1) is 14.8. The summed E-state index contributed by atoms with van der Waals surface area (Å²) in [6.45, 7) is 5.46. The van der Waals surface area contributed by atoms with E-state index in [4.69, 9.17) is 4.74 Å². The second-order valence-corrected chi connectivity index (χ2v) is 4.85. The largest absolute Gasteiger partial charge is 0.383 e. The average Bonchev–Trinajstić information content (AvgIpc) is 2.50. The molecular formula is C16H23N3O. The molecule has 0 saturated heterocycles. The maximum atomic E-state index is 5.14. The third-order valence-corrected chi connectivity index (χ3v) is 3.41. The number of aromatic nitrogens is 1. The minimum absolute atomic E-state index is 0.700. The fraction of sp³-hybridized carbons (Fsp3) is 0.438. The van der Waals surface area contributed by atoms with Gasteiger partial charge in [0.15, 0.2) is 0 Å². The quantitative estimate of drug-likeness (QED) is 0.840. The van der Waals surface area contributed by atoms with Crippen LogP contribution in [0.1, 0.15) is 12.5 Å². The van der Waals surface area contributed by atoms with Crippen molar-refractivity contribution in [3.63, 3.8) is 0 Å². The summed E-state index contributed by atoms with van der Waals surface area (Å²) in [7, 11) is 3.77. The van der Waals surface area contributed by atoms with Crippen LogP contribution in [0.4, 0.5) is 5.82 Å². The van der Waals surface area contributed by atoms with Crippen molar-refractivity contribution in [1.29, 1.82) is 0 Å². The van der Waals surface area contributed by atoms with Crippen molar-refractivity contribution in [3.05, 3.63) is 36.0 Å². The molecule has 0 aliphatic heterocycles. The van der Waals surface area contributed by atoms with E-state index < -0.39 is 0 Å². The maximum absolute atomic E-state index is 5.14. The van der Waals surface area contributed by atoms with Crippen LogP contribution < -0.4 is 10.2 Å². The summed E-state index contributed by atoms with van der Waals surface area (Å²) in [6, 6.07) is 8.44. The Morgan fingerprint density at radius 1 is 1.25 bits per heavy atom. The van der Waals surface area contributed by atoms with Crippen LogP contribution in [-0.2, 0) is 11.3 Å². The number of hydrogen-bond acceptors (Lipinski definition) is 4. The lowest BCUT2D eigenvalue weighted by Crippen LogP contribution is -2.23. The molecule has 1 N–H and O–H groups in total. The minimum atomic E-state index is 0.700. The van der Waals surface area contributed by atoms with Crippen molar-refractivity contribution in [2.75, 3.05) is 38.8 Å². The van der Waals surface area contributed by atoms with Crippen molar-refractivity contribution in [2.45, 2.75) is 13.5 Å². The van der Waals surface area contributed by atoms with Gasteiger partial charge in [-0.1, -0.05) is 31.2 Å². The molecule has 0 fully saturated rings. The smallest absolute Gasteiger partial charge is 0.136 e. The lowest BCUT2D eigenvalue weighted by molar-refractivity contribution is 0.206. The van der Waals surface area contributed by atoms with Crippen molar-refractivity contribution >= 4 is 16.6 Å². The number of pyridine rings is 1. The van der Waals surface area contributed by atoms with E-state index in [2.05, 4.69) is 53.4 Å². The van der Waals surface area contributed by atoms with Gasteiger partial charge in [-0.2, -0.15) is 0 Å². The van der Waals surface area contributed by atoms with E-state index in [0.29, 0.717) is 6.61 Å². The molecule has 0 atom stereocenters. The second-order valence-electron chi connectivity index (χ2n) is 4.85. The van der Waals surface area contributed by atoms with Crippen molar-refractivity contribution in [2.24, 2.45) is 0 Å². The molecule has 0 saturated carbocycles. The summed E-state index contributed by atoms with van der Waals surface area (Å²) < 4.78 is 5.14. The third kappa shape index (κ3) is 3.26. The maximum Gasteiger partial charge on any atom is 0.136 e. The Hall–Kier alpha value is -1.65. The monoisotopic (exact) mass is 273 g/mol. The summed E-state index contributed by atoms with van der Waals surface area (Å²) in [6.07, 6.45) is 1.98. The molecule has 4 heteroatoms. The SMILES string of the molecule is CCNCc1cnc(N(C)CCOC)c2ccccc12. The normalized spacial score (nSPS) is 10.9. The summed E-state index contributed by atoms with van der Waals surface area (Å²) in [5.41, 5.74) is 1.24. The molecule has 1 aromatic carbocycles. The molecular weight excluding hydrogens is 250 g/mol. The molecule has 0 unspecified atom stereocenters. The van der Waals surface area contributed by atoms with Gasteiger partial charge in [0.25, 0.3) is 0 Å². The van der Waals surface area contributed by atoms with Crippen LogP contribution in [0.2, 0.25) is 0 Å². The Balaban J connectivity index is 2.37. The number of benzene rings is 1. The van der Waals surface area contributed by atoms with Crippen LogP contribution in [0, 0.1) is 0 Å². The van der Waals surface area contributed by atoms with E-state index >= 15 is 0 Å². The number of nitrogens with one attached hydrogen (secondary N) is 1. The lowest BCUT2D eigenvalue weighted by atomic mass is 10.1. The van der Waals surface area contributed by atoms with Crippen LogP contribution in [0.15, 0.2) is 30.5 Å². The molecule has 0 radical (unpaired) electrons. The van der Waals surface area contributed by atoms with E-state index in [0.717, 1.165) is 25.5 Å². The van der Waals surface area contributed by atoms with Crippen molar-refractivity contribution in [3.8, 4) is 0 Å². The molecule has 1 aromatic heterocycles. The van der Waals surface area contributed by atoms with Crippen LogP contribution in [0.3, 0.4) is 0 Å². The minimum Gasteiger partial charge on any atom is -0.383 e. The van der Waals surface area contributed by atoms with Gasteiger partial charge >= 0.3 is 0 Å². The number of ether oxygens (including phenoxy) is 1. The zero-order valence-corrected chi connectivity index (χ0v) is 12.5. The van der Waals surface area contributed by atoms with Gasteiger partial charge in [-0.15, -0.1) is 0 Å². The topological polar surface area (TPSA) is 37.4 Å². The van der Waals surface area contributed by atoms with Crippen molar-refractivity contribution < 1.29 is 4.74 Å². The Morgan fingerprint density at radius 2 is 2.00 bits per heavy atom. The summed E-state index contributed by atoms with van der Waals surface area (Å²) in [4.78, 5) is 6.78. The summed E-state index contributed by atoms with van der Waals surface area (Å²) in [5.74, 6) is 1.01. The third-order valence-electron chi connectivity index (χ3n) is 3.41. The highest BCUT2D eigenvalue weighted by Crippen LogP contribution is 2.26. The summed E-state index contributed by atoms with van der Waals surface area (Å²) in [5, 5.41) is 5.83. The molecule has 2 rings (SSSR count). The number of likely N-dealkylation sites (N-methyl/N-ethyl adjacent to an activating group) is 1. The van der Waals surface area contributed by atoms with E-state index in [-0.39, 0.29) is 0 Å². The van der Waals surface area contributed by atoms with Crippen LogP contribution in [0.5, 0.6) is 0 Å². The molecule has 20 heavy (non-hydrogen) atoms. The molecule has 108 valence electrons. The molecule has 0 bridgehead atoms. The lowest BCUT2D eigenvalue weighted by Gasteiger charge is -2.20. The molecule has 4 nitrogen and oxygen atoms in total. The van der Waals surface area contributed by atoms with Gasteiger partial charge in [0.1, 0.15) is 5.82 Å². The number of rotatable bonds is 7. The molecule has 0 aliphatic rings. The number of nitrogens with zero attached hydrogens (tertiary/aromatic N) is 2. The standard InChI is InChI=1S/C16H23N3O/c1-4-17-11-13-12-18-16(19(2)9-10-20-3)15-8-6-5-7-14(13)15/h5-8,12,17H,4,9-11H2,1-3H3. The highest BCUT2D eigenvalue weighted by Gasteiger charge is 2.10. The van der Waals surface area contributed by atoms with Gasteiger partial charge in [0, 0.05) is 38.8 Å². The van der Waals surface area contributed by atoms with Crippen molar-refractivity contribution in [1.82, 2.24) is 10.3 Å². The zero-order chi connectivity index (χ0) is 14.4. The Labute approximate surface area is 120 Å². The molecule has 0 aliphatic carbocycles. The molecule has 2 aromatic rings.